The van der Waals surface area contributed by atoms with Crippen molar-refractivity contribution >= 4 is 84.0 Å². The van der Waals surface area contributed by atoms with Crippen LogP contribution in [-0.4, -0.2) is 26.2 Å². The van der Waals surface area contributed by atoms with E-state index in [1.54, 1.807) is 12.2 Å². The van der Waals surface area contributed by atoms with Gasteiger partial charge in [0.1, 0.15) is 8.65 Å². The second-order valence-corrected chi connectivity index (χ2v) is 10.8. The summed E-state index contributed by atoms with van der Waals surface area (Å²) >= 11 is 31.6. The molecule has 0 aromatic heterocycles. The van der Waals surface area contributed by atoms with Crippen LogP contribution in [0.3, 0.4) is 0 Å². The van der Waals surface area contributed by atoms with Crippen molar-refractivity contribution in [3.8, 4) is 0 Å². The van der Waals surface area contributed by atoms with Crippen molar-refractivity contribution in [2.45, 2.75) is 34.3 Å². The van der Waals surface area contributed by atoms with E-state index >= 15 is 0 Å². The summed E-state index contributed by atoms with van der Waals surface area (Å²) < 4.78 is -1.72. The van der Waals surface area contributed by atoms with Crippen LogP contribution >= 0.6 is 78.3 Å². The summed E-state index contributed by atoms with van der Waals surface area (Å²) in [7, 11) is 0. The van der Waals surface area contributed by atoms with E-state index in [-0.39, 0.29) is 17.6 Å². The van der Waals surface area contributed by atoms with E-state index in [4.69, 9.17) is 46.4 Å². The molecular formula is C19H20Br2Cl4O. The Morgan fingerprint density at radius 2 is 1.27 bits per heavy atom. The molecular weight excluding hydrogens is 546 g/mol. The number of hydrogen-bond donors (Lipinski definition) is 0. The highest BCUT2D eigenvalue weighted by Gasteiger charge is 2.52. The maximum absolute atomic E-state index is 13.8. The number of allylic oxidation sites excluding steroid dienone is 8. The molecule has 0 bridgehead atoms. The molecule has 2 aliphatic carbocycles. The maximum atomic E-state index is 13.8. The number of carbonyl (C=O) groups excluding carboxylic acids is 1. The molecule has 0 fully saturated rings. The Morgan fingerprint density at radius 1 is 0.885 bits per heavy atom. The molecule has 1 nitrogen and oxygen atoms in total. The molecule has 0 aliphatic heterocycles. The maximum Gasteiger partial charge on any atom is 0.175 e. The van der Waals surface area contributed by atoms with E-state index in [1.807, 2.05) is 24.3 Å². The minimum atomic E-state index is -0.859. The van der Waals surface area contributed by atoms with Gasteiger partial charge in [0.15, 0.2) is 5.78 Å². The summed E-state index contributed by atoms with van der Waals surface area (Å²) in [5.41, 5.74) is 0. The highest BCUT2D eigenvalue weighted by Crippen LogP contribution is 2.49. The van der Waals surface area contributed by atoms with E-state index in [0.717, 1.165) is 25.7 Å². The Balaban J connectivity index is 2.36. The fourth-order valence-corrected chi connectivity index (χ4v) is 6.00. The van der Waals surface area contributed by atoms with Crippen LogP contribution in [0.5, 0.6) is 0 Å². The first-order chi connectivity index (χ1) is 12.3. The average molecular weight is 566 g/mol. The van der Waals surface area contributed by atoms with Crippen LogP contribution in [-0.2, 0) is 4.79 Å². The normalized spacial score (nSPS) is 33.8. The summed E-state index contributed by atoms with van der Waals surface area (Å²) in [5.74, 6) is 0.948. The number of carbonyl (C=O) groups is 1. The van der Waals surface area contributed by atoms with Gasteiger partial charge in [-0.05, 0) is 37.8 Å². The predicted molar refractivity (Wildman–Crippen MR) is 121 cm³/mol. The molecule has 144 valence electrons. The summed E-state index contributed by atoms with van der Waals surface area (Å²) in [4.78, 5) is 13.8. The number of alkyl halides is 4. The molecule has 0 aromatic carbocycles. The van der Waals surface area contributed by atoms with Gasteiger partial charge in [0.2, 0.25) is 0 Å². The second-order valence-electron chi connectivity index (χ2n) is 6.51. The van der Waals surface area contributed by atoms with Crippen LogP contribution in [0, 0.1) is 11.8 Å². The number of hydrogen-bond acceptors (Lipinski definition) is 1. The molecule has 0 spiro atoms. The van der Waals surface area contributed by atoms with Crippen molar-refractivity contribution in [3.05, 3.63) is 46.5 Å². The van der Waals surface area contributed by atoms with Crippen molar-refractivity contribution in [2.75, 3.05) is 11.8 Å². The van der Waals surface area contributed by atoms with Gasteiger partial charge in [-0.1, -0.05) is 79.4 Å². The smallest absolute Gasteiger partial charge is 0.175 e. The number of rotatable bonds is 8. The van der Waals surface area contributed by atoms with Gasteiger partial charge in [0.25, 0.3) is 0 Å². The SMILES string of the molecule is O=C(C1(Br)C=CC(Cl)=CC1CCCCl)C1(Br)C=CC(Cl)=CC1CCCCl. The van der Waals surface area contributed by atoms with Crippen molar-refractivity contribution in [1.82, 2.24) is 0 Å². The van der Waals surface area contributed by atoms with Gasteiger partial charge in [0, 0.05) is 33.7 Å². The van der Waals surface area contributed by atoms with E-state index in [1.165, 1.54) is 0 Å². The Bertz CT molecular complexity index is 604. The lowest BCUT2D eigenvalue weighted by Crippen LogP contribution is -2.52. The van der Waals surface area contributed by atoms with E-state index < -0.39 is 8.65 Å². The molecule has 0 aromatic rings. The van der Waals surface area contributed by atoms with Gasteiger partial charge in [0.05, 0.1) is 0 Å². The van der Waals surface area contributed by atoms with Crippen LogP contribution in [0.15, 0.2) is 46.5 Å². The fourth-order valence-electron chi connectivity index (χ4n) is 3.35. The van der Waals surface area contributed by atoms with Crippen molar-refractivity contribution in [2.24, 2.45) is 11.8 Å². The van der Waals surface area contributed by atoms with Crippen LogP contribution in [0.4, 0.5) is 0 Å². The number of ketones is 1. The fraction of sp³-hybridized carbons (Fsp3) is 0.526. The Kier molecular flexibility index (Phi) is 8.84. The van der Waals surface area contributed by atoms with Crippen molar-refractivity contribution in [3.63, 3.8) is 0 Å². The topological polar surface area (TPSA) is 17.1 Å². The van der Waals surface area contributed by atoms with Gasteiger partial charge in [-0.15, -0.1) is 23.2 Å². The van der Waals surface area contributed by atoms with Crippen molar-refractivity contribution < 1.29 is 4.79 Å². The van der Waals surface area contributed by atoms with Gasteiger partial charge in [-0.2, -0.15) is 0 Å². The standard InChI is InChI=1S/C19H20Br2Cl4O/c20-18(7-5-15(24)11-13(18)3-1-9-22)17(26)19(21)8-6-16(25)12-14(19)4-2-10-23/h5-8,11-14H,1-4,9-10H2. The first-order valence-corrected chi connectivity index (χ1v) is 11.9. The zero-order valence-electron chi connectivity index (χ0n) is 14.0. The molecule has 0 saturated heterocycles. The molecule has 0 saturated carbocycles. The number of Topliss-reactive ketones (excluding diaryl/α,β-unsaturated/α-hetero) is 1. The highest BCUT2D eigenvalue weighted by molar-refractivity contribution is 9.11. The molecule has 26 heavy (non-hydrogen) atoms. The third-order valence-corrected chi connectivity index (χ3v) is 8.23. The molecule has 0 radical (unpaired) electrons. The van der Waals surface area contributed by atoms with E-state index in [0.29, 0.717) is 21.8 Å². The zero-order chi connectivity index (χ0) is 19.4. The molecule has 0 amide bonds. The lowest BCUT2D eigenvalue weighted by molar-refractivity contribution is -0.122. The average Bonchev–Trinajstić information content (AvgIpc) is 2.62. The summed E-state index contributed by atoms with van der Waals surface area (Å²) in [5, 5.41) is 1.27. The molecule has 7 heteroatoms. The second kappa shape index (κ2) is 9.98. The largest absolute Gasteiger partial charge is 0.296 e. The summed E-state index contributed by atoms with van der Waals surface area (Å²) in [6, 6.07) is 0. The Morgan fingerprint density at radius 3 is 1.62 bits per heavy atom. The first-order valence-electron chi connectivity index (χ1n) is 8.45. The lowest BCUT2D eigenvalue weighted by Gasteiger charge is -2.41. The summed E-state index contributed by atoms with van der Waals surface area (Å²) in [6.45, 7) is 0. The van der Waals surface area contributed by atoms with Crippen LogP contribution < -0.4 is 0 Å². The minimum Gasteiger partial charge on any atom is -0.296 e. The zero-order valence-corrected chi connectivity index (χ0v) is 20.2. The molecule has 2 rings (SSSR count). The Labute approximate surface area is 192 Å². The molecule has 2 aliphatic rings. The molecule has 4 unspecified atom stereocenters. The minimum absolute atomic E-state index is 0.0254. The Hall–Kier alpha value is 0.750. The highest BCUT2D eigenvalue weighted by atomic mass is 79.9. The first kappa shape index (κ1) is 23.0. The molecule has 4 atom stereocenters. The third kappa shape index (κ3) is 5.02. The van der Waals surface area contributed by atoms with Gasteiger partial charge in [-0.25, -0.2) is 0 Å². The van der Waals surface area contributed by atoms with Gasteiger partial charge < -0.3 is 0 Å². The summed E-state index contributed by atoms with van der Waals surface area (Å²) in [6.07, 6.45) is 14.2. The molecule has 0 heterocycles. The van der Waals surface area contributed by atoms with Crippen LogP contribution in [0.1, 0.15) is 25.7 Å². The van der Waals surface area contributed by atoms with Crippen LogP contribution in [0.25, 0.3) is 0 Å². The van der Waals surface area contributed by atoms with Gasteiger partial charge in [-0.3, -0.25) is 4.79 Å². The third-order valence-electron chi connectivity index (χ3n) is 4.76. The quantitative estimate of drug-likeness (QED) is 0.279. The monoisotopic (exact) mass is 562 g/mol. The molecule has 0 N–H and O–H groups in total. The predicted octanol–water partition coefficient (Wildman–Crippen LogP) is 7.48. The van der Waals surface area contributed by atoms with Crippen molar-refractivity contribution in [1.29, 1.82) is 0 Å². The number of halogens is 6. The van der Waals surface area contributed by atoms with Gasteiger partial charge >= 0.3 is 0 Å². The van der Waals surface area contributed by atoms with E-state index in [9.17, 15) is 4.79 Å². The van der Waals surface area contributed by atoms with E-state index in [2.05, 4.69) is 31.9 Å². The lowest BCUT2D eigenvalue weighted by atomic mass is 9.72. The van der Waals surface area contributed by atoms with Crippen LogP contribution in [0.2, 0.25) is 0 Å².